The fourth-order valence-electron chi connectivity index (χ4n) is 2.55. The molecular formula is C14H21N. The molecule has 1 fully saturated rings. The fraction of sp³-hybridized carbons (Fsp3) is 0.571. The van der Waals surface area contributed by atoms with E-state index < -0.39 is 0 Å². The van der Waals surface area contributed by atoms with Crippen molar-refractivity contribution in [1.82, 2.24) is 0 Å². The Hall–Kier alpha value is -0.980. The van der Waals surface area contributed by atoms with Gasteiger partial charge in [0, 0.05) is 12.2 Å². The number of benzene rings is 1. The molecule has 0 bridgehead atoms. The van der Waals surface area contributed by atoms with E-state index in [1.165, 1.54) is 42.5 Å². The molecular weight excluding hydrogens is 182 g/mol. The Morgan fingerprint density at radius 2 is 1.67 bits per heavy atom. The van der Waals surface area contributed by atoms with Crippen LogP contribution in [-0.4, -0.2) is 6.54 Å². The lowest BCUT2D eigenvalue weighted by Gasteiger charge is -2.12. The summed E-state index contributed by atoms with van der Waals surface area (Å²) in [6.45, 7) is 5.48. The van der Waals surface area contributed by atoms with E-state index in [0.29, 0.717) is 0 Å². The summed E-state index contributed by atoms with van der Waals surface area (Å²) >= 11 is 0. The number of anilines is 1. The van der Waals surface area contributed by atoms with Crippen molar-refractivity contribution in [3.05, 3.63) is 29.3 Å². The number of hydrogen-bond acceptors (Lipinski definition) is 1. The normalized spacial score (nSPS) is 16.9. The van der Waals surface area contributed by atoms with Crippen LogP contribution in [0.4, 0.5) is 5.69 Å². The maximum atomic E-state index is 3.57. The molecule has 0 saturated heterocycles. The van der Waals surface area contributed by atoms with E-state index in [1.807, 2.05) is 0 Å². The first-order valence-corrected chi connectivity index (χ1v) is 6.06. The first-order valence-electron chi connectivity index (χ1n) is 6.06. The molecule has 0 unspecified atom stereocenters. The van der Waals surface area contributed by atoms with Crippen LogP contribution in [-0.2, 0) is 0 Å². The van der Waals surface area contributed by atoms with Crippen molar-refractivity contribution in [3.63, 3.8) is 0 Å². The average Bonchev–Trinajstić information content (AvgIpc) is 2.65. The van der Waals surface area contributed by atoms with Gasteiger partial charge in [-0.2, -0.15) is 0 Å². The Kier molecular flexibility index (Phi) is 3.30. The Morgan fingerprint density at radius 3 is 2.27 bits per heavy atom. The minimum atomic E-state index is 0.908. The van der Waals surface area contributed by atoms with Crippen molar-refractivity contribution in [2.45, 2.75) is 39.5 Å². The molecule has 2 rings (SSSR count). The number of aryl methyl sites for hydroxylation is 2. The lowest BCUT2D eigenvalue weighted by molar-refractivity contribution is 0.580. The molecule has 0 atom stereocenters. The molecule has 1 saturated carbocycles. The molecule has 0 radical (unpaired) electrons. The summed E-state index contributed by atoms with van der Waals surface area (Å²) in [5.41, 5.74) is 3.99. The minimum absolute atomic E-state index is 0.908. The van der Waals surface area contributed by atoms with E-state index >= 15 is 0 Å². The Labute approximate surface area is 92.9 Å². The van der Waals surface area contributed by atoms with Crippen LogP contribution in [0.3, 0.4) is 0 Å². The smallest absolute Gasteiger partial charge is 0.0345 e. The summed E-state index contributed by atoms with van der Waals surface area (Å²) < 4.78 is 0. The topological polar surface area (TPSA) is 12.0 Å². The molecule has 1 nitrogen and oxygen atoms in total. The molecule has 0 heterocycles. The second-order valence-corrected chi connectivity index (χ2v) is 4.91. The van der Waals surface area contributed by atoms with E-state index in [2.05, 4.69) is 37.4 Å². The van der Waals surface area contributed by atoms with Crippen LogP contribution in [0.2, 0.25) is 0 Å². The van der Waals surface area contributed by atoms with Gasteiger partial charge in [0.15, 0.2) is 0 Å². The van der Waals surface area contributed by atoms with Gasteiger partial charge in [-0.1, -0.05) is 18.9 Å². The fourth-order valence-corrected chi connectivity index (χ4v) is 2.55. The second kappa shape index (κ2) is 4.69. The Morgan fingerprint density at radius 1 is 1.07 bits per heavy atom. The highest BCUT2D eigenvalue weighted by Crippen LogP contribution is 2.25. The summed E-state index contributed by atoms with van der Waals surface area (Å²) in [6, 6.07) is 6.70. The number of nitrogens with one attached hydrogen (secondary N) is 1. The van der Waals surface area contributed by atoms with Crippen molar-refractivity contribution in [3.8, 4) is 0 Å². The van der Waals surface area contributed by atoms with Crippen LogP contribution in [0.25, 0.3) is 0 Å². The SMILES string of the molecule is Cc1cc(C)cc(NCC2CCCC2)c1. The zero-order valence-corrected chi connectivity index (χ0v) is 9.84. The molecule has 0 amide bonds. The van der Waals surface area contributed by atoms with E-state index in [-0.39, 0.29) is 0 Å². The Balaban J connectivity index is 1.92. The molecule has 82 valence electrons. The maximum absolute atomic E-state index is 3.57. The zero-order valence-electron chi connectivity index (χ0n) is 9.84. The number of rotatable bonds is 3. The largest absolute Gasteiger partial charge is 0.385 e. The van der Waals surface area contributed by atoms with E-state index in [0.717, 1.165) is 12.5 Å². The van der Waals surface area contributed by atoms with Gasteiger partial charge in [-0.25, -0.2) is 0 Å². The van der Waals surface area contributed by atoms with Gasteiger partial charge in [0.2, 0.25) is 0 Å². The van der Waals surface area contributed by atoms with E-state index in [1.54, 1.807) is 0 Å². The monoisotopic (exact) mass is 203 g/mol. The van der Waals surface area contributed by atoms with Gasteiger partial charge in [0.05, 0.1) is 0 Å². The molecule has 1 aliphatic carbocycles. The summed E-state index contributed by atoms with van der Waals surface area (Å²) in [5, 5.41) is 3.57. The predicted molar refractivity (Wildman–Crippen MR) is 66.4 cm³/mol. The van der Waals surface area contributed by atoms with Gasteiger partial charge in [-0.3, -0.25) is 0 Å². The van der Waals surface area contributed by atoms with Crippen molar-refractivity contribution in [1.29, 1.82) is 0 Å². The quantitative estimate of drug-likeness (QED) is 0.785. The number of hydrogen-bond donors (Lipinski definition) is 1. The third-order valence-corrected chi connectivity index (χ3v) is 3.29. The third-order valence-electron chi connectivity index (χ3n) is 3.29. The van der Waals surface area contributed by atoms with Crippen LogP contribution in [0.1, 0.15) is 36.8 Å². The summed E-state index contributed by atoms with van der Waals surface area (Å²) in [7, 11) is 0. The lowest BCUT2D eigenvalue weighted by atomic mass is 10.1. The van der Waals surface area contributed by atoms with Crippen LogP contribution < -0.4 is 5.32 Å². The van der Waals surface area contributed by atoms with Crippen molar-refractivity contribution in [2.75, 3.05) is 11.9 Å². The molecule has 0 aromatic heterocycles. The lowest BCUT2D eigenvalue weighted by Crippen LogP contribution is -2.10. The highest BCUT2D eigenvalue weighted by molar-refractivity contribution is 5.48. The third kappa shape index (κ3) is 2.98. The molecule has 0 aliphatic heterocycles. The van der Waals surface area contributed by atoms with Crippen LogP contribution in [0.15, 0.2) is 18.2 Å². The van der Waals surface area contributed by atoms with Crippen LogP contribution >= 0.6 is 0 Å². The van der Waals surface area contributed by atoms with Crippen LogP contribution in [0, 0.1) is 19.8 Å². The molecule has 0 spiro atoms. The molecule has 1 N–H and O–H groups in total. The second-order valence-electron chi connectivity index (χ2n) is 4.91. The molecule has 1 aromatic rings. The van der Waals surface area contributed by atoms with Gasteiger partial charge < -0.3 is 5.32 Å². The summed E-state index contributed by atoms with van der Waals surface area (Å²) in [5.74, 6) is 0.908. The van der Waals surface area contributed by atoms with Crippen molar-refractivity contribution >= 4 is 5.69 Å². The molecule has 1 aliphatic rings. The maximum Gasteiger partial charge on any atom is 0.0345 e. The minimum Gasteiger partial charge on any atom is -0.385 e. The van der Waals surface area contributed by atoms with Crippen molar-refractivity contribution in [2.24, 2.45) is 5.92 Å². The van der Waals surface area contributed by atoms with Gasteiger partial charge in [0.25, 0.3) is 0 Å². The zero-order chi connectivity index (χ0) is 10.7. The van der Waals surface area contributed by atoms with Crippen LogP contribution in [0.5, 0.6) is 0 Å². The van der Waals surface area contributed by atoms with E-state index in [4.69, 9.17) is 0 Å². The average molecular weight is 203 g/mol. The van der Waals surface area contributed by atoms with Gasteiger partial charge in [-0.05, 0) is 55.9 Å². The molecule has 1 heteroatoms. The molecule has 1 aromatic carbocycles. The standard InChI is InChI=1S/C14H21N/c1-11-7-12(2)9-14(8-11)15-10-13-5-3-4-6-13/h7-9,13,15H,3-6,10H2,1-2H3. The Bertz CT molecular complexity index is 304. The summed E-state index contributed by atoms with van der Waals surface area (Å²) in [6.07, 6.45) is 5.69. The van der Waals surface area contributed by atoms with Gasteiger partial charge in [-0.15, -0.1) is 0 Å². The van der Waals surface area contributed by atoms with Gasteiger partial charge >= 0.3 is 0 Å². The first kappa shape index (κ1) is 10.5. The highest BCUT2D eigenvalue weighted by atomic mass is 14.9. The first-order chi connectivity index (χ1) is 7.24. The van der Waals surface area contributed by atoms with E-state index in [9.17, 15) is 0 Å². The van der Waals surface area contributed by atoms with Gasteiger partial charge in [0.1, 0.15) is 0 Å². The highest BCUT2D eigenvalue weighted by Gasteiger charge is 2.14. The van der Waals surface area contributed by atoms with Crippen molar-refractivity contribution < 1.29 is 0 Å². The predicted octanol–water partition coefficient (Wildman–Crippen LogP) is 3.91. The summed E-state index contributed by atoms with van der Waals surface area (Å²) in [4.78, 5) is 0. The molecule has 15 heavy (non-hydrogen) atoms.